The molecule has 0 bridgehead atoms. The molecule has 4 heteroatoms. The molecule has 2 rings (SSSR count). The number of aryl methyl sites for hydroxylation is 1. The van der Waals surface area contributed by atoms with Crippen molar-refractivity contribution < 1.29 is 4.39 Å². The molecular weight excluding hydrogens is 253 g/mol. The number of likely N-dealkylation sites (N-methyl/N-ethyl adjacent to an activating group) is 1. The maximum atomic E-state index is 13.2. The van der Waals surface area contributed by atoms with Gasteiger partial charge in [-0.25, -0.2) is 9.37 Å². The van der Waals surface area contributed by atoms with Gasteiger partial charge in [0.15, 0.2) is 0 Å². The summed E-state index contributed by atoms with van der Waals surface area (Å²) >= 11 is 0. The quantitative estimate of drug-likeness (QED) is 0.880. The lowest BCUT2D eigenvalue weighted by Crippen LogP contribution is -2.23. The number of hydrogen-bond donors (Lipinski definition) is 2. The van der Waals surface area contributed by atoms with E-state index in [1.165, 1.54) is 6.07 Å². The van der Waals surface area contributed by atoms with Crippen LogP contribution >= 0.6 is 0 Å². The van der Waals surface area contributed by atoms with Gasteiger partial charge in [0.05, 0.1) is 0 Å². The van der Waals surface area contributed by atoms with E-state index in [1.54, 1.807) is 12.3 Å². The van der Waals surface area contributed by atoms with E-state index in [0.29, 0.717) is 5.82 Å². The van der Waals surface area contributed by atoms with Crippen molar-refractivity contribution >= 4 is 5.82 Å². The van der Waals surface area contributed by atoms with Crippen LogP contribution in [0.2, 0.25) is 0 Å². The van der Waals surface area contributed by atoms with Crippen LogP contribution in [0.15, 0.2) is 36.5 Å². The summed E-state index contributed by atoms with van der Waals surface area (Å²) in [7, 11) is 0. The van der Waals surface area contributed by atoms with Crippen molar-refractivity contribution in [3.05, 3.63) is 59.0 Å². The number of nitrogen functional groups attached to an aromatic ring is 1. The molecule has 0 amide bonds. The topological polar surface area (TPSA) is 50.9 Å². The lowest BCUT2D eigenvalue weighted by atomic mass is 9.95. The number of pyridine rings is 1. The van der Waals surface area contributed by atoms with Crippen LogP contribution in [0.25, 0.3) is 0 Å². The highest BCUT2D eigenvalue weighted by molar-refractivity contribution is 5.35. The van der Waals surface area contributed by atoms with E-state index in [-0.39, 0.29) is 11.9 Å². The molecule has 2 aromatic rings. The molecule has 20 heavy (non-hydrogen) atoms. The van der Waals surface area contributed by atoms with Crippen LogP contribution in [0.3, 0.4) is 0 Å². The second-order valence-electron chi connectivity index (χ2n) is 4.90. The normalized spacial score (nSPS) is 12.3. The predicted molar refractivity (Wildman–Crippen MR) is 79.9 cm³/mol. The molecule has 0 spiro atoms. The first kappa shape index (κ1) is 14.5. The van der Waals surface area contributed by atoms with Crippen molar-refractivity contribution in [3.63, 3.8) is 0 Å². The van der Waals surface area contributed by atoms with E-state index >= 15 is 0 Å². The van der Waals surface area contributed by atoms with Gasteiger partial charge in [0.25, 0.3) is 0 Å². The Morgan fingerprint density at radius 2 is 2.10 bits per heavy atom. The van der Waals surface area contributed by atoms with Gasteiger partial charge in [-0.3, -0.25) is 0 Å². The summed E-state index contributed by atoms with van der Waals surface area (Å²) in [4.78, 5) is 4.00. The number of halogens is 1. The molecule has 106 valence electrons. The Balaban J connectivity index is 2.26. The van der Waals surface area contributed by atoms with Crippen LogP contribution in [0.4, 0.5) is 10.2 Å². The lowest BCUT2D eigenvalue weighted by Gasteiger charge is -2.20. The summed E-state index contributed by atoms with van der Waals surface area (Å²) in [6.07, 6.45) is 2.51. The second-order valence-corrected chi connectivity index (χ2v) is 4.90. The Kier molecular flexibility index (Phi) is 4.69. The summed E-state index contributed by atoms with van der Waals surface area (Å²) < 4.78 is 13.2. The van der Waals surface area contributed by atoms with Gasteiger partial charge in [-0.15, -0.1) is 0 Å². The van der Waals surface area contributed by atoms with Crippen LogP contribution in [-0.2, 0) is 6.42 Å². The maximum Gasteiger partial charge on any atom is 0.123 e. The van der Waals surface area contributed by atoms with E-state index in [0.717, 1.165) is 29.7 Å². The number of rotatable bonds is 5. The van der Waals surface area contributed by atoms with Crippen molar-refractivity contribution in [2.24, 2.45) is 0 Å². The van der Waals surface area contributed by atoms with Gasteiger partial charge in [-0.2, -0.15) is 0 Å². The fraction of sp³-hybridized carbons (Fsp3) is 0.312. The summed E-state index contributed by atoms with van der Waals surface area (Å²) in [5.74, 6) is 0.322. The third kappa shape index (κ3) is 3.54. The largest absolute Gasteiger partial charge is 0.384 e. The molecule has 1 aromatic heterocycles. The van der Waals surface area contributed by atoms with E-state index in [2.05, 4.69) is 17.2 Å². The van der Waals surface area contributed by atoms with Gasteiger partial charge in [-0.05, 0) is 60.8 Å². The van der Waals surface area contributed by atoms with Crippen LogP contribution in [0.1, 0.15) is 29.7 Å². The maximum absolute atomic E-state index is 13.2. The highest BCUT2D eigenvalue weighted by Crippen LogP contribution is 2.23. The van der Waals surface area contributed by atoms with Crippen LogP contribution in [0.5, 0.6) is 0 Å². The number of nitrogens with two attached hydrogens (primary N) is 1. The second kappa shape index (κ2) is 6.48. The highest BCUT2D eigenvalue weighted by atomic mass is 19.1. The van der Waals surface area contributed by atoms with Crippen molar-refractivity contribution in [2.75, 3.05) is 12.3 Å². The number of anilines is 1. The number of benzene rings is 1. The number of nitrogens with one attached hydrogen (secondary N) is 1. The molecule has 0 aliphatic rings. The monoisotopic (exact) mass is 273 g/mol. The van der Waals surface area contributed by atoms with E-state index < -0.39 is 0 Å². The van der Waals surface area contributed by atoms with Crippen LogP contribution in [-0.4, -0.2) is 11.5 Å². The Morgan fingerprint density at radius 3 is 2.75 bits per heavy atom. The first-order valence-electron chi connectivity index (χ1n) is 6.80. The zero-order chi connectivity index (χ0) is 14.5. The van der Waals surface area contributed by atoms with E-state index in [1.807, 2.05) is 25.1 Å². The Labute approximate surface area is 119 Å². The number of nitrogens with zero attached hydrogens (tertiary/aromatic N) is 1. The van der Waals surface area contributed by atoms with E-state index in [4.69, 9.17) is 5.73 Å². The van der Waals surface area contributed by atoms with Gasteiger partial charge in [0.2, 0.25) is 0 Å². The smallest absolute Gasteiger partial charge is 0.123 e. The zero-order valence-corrected chi connectivity index (χ0v) is 11.9. The minimum absolute atomic E-state index is 0.141. The zero-order valence-electron chi connectivity index (χ0n) is 11.9. The molecule has 3 nitrogen and oxygen atoms in total. The van der Waals surface area contributed by atoms with Crippen molar-refractivity contribution in [1.82, 2.24) is 10.3 Å². The Morgan fingerprint density at radius 1 is 1.30 bits per heavy atom. The third-order valence-corrected chi connectivity index (χ3v) is 3.34. The van der Waals surface area contributed by atoms with Crippen molar-refractivity contribution in [2.45, 2.75) is 26.3 Å². The average molecular weight is 273 g/mol. The van der Waals surface area contributed by atoms with E-state index in [9.17, 15) is 4.39 Å². The van der Waals surface area contributed by atoms with Crippen molar-refractivity contribution in [3.8, 4) is 0 Å². The summed E-state index contributed by atoms with van der Waals surface area (Å²) in [6, 6.07) is 8.90. The third-order valence-electron chi connectivity index (χ3n) is 3.34. The molecule has 0 fully saturated rings. The number of hydrogen-bond acceptors (Lipinski definition) is 3. The Bertz CT molecular complexity index is 584. The molecule has 0 saturated heterocycles. The van der Waals surface area contributed by atoms with Gasteiger partial charge < -0.3 is 11.1 Å². The summed E-state index contributed by atoms with van der Waals surface area (Å²) in [5, 5.41) is 3.44. The molecular formula is C16H20FN3. The lowest BCUT2D eigenvalue weighted by molar-refractivity contribution is 0.544. The summed E-state index contributed by atoms with van der Waals surface area (Å²) in [5.41, 5.74) is 8.90. The molecule has 0 aliphatic heterocycles. The molecule has 0 saturated carbocycles. The standard InChI is InChI=1S/C16H20FN3/c1-3-19-15(9-12-6-7-20-16(18)10-12)14-5-4-13(17)8-11(14)2/h4-8,10,15,19H,3,9H2,1-2H3,(H2,18,20). The first-order chi connectivity index (χ1) is 9.60. The molecule has 0 aliphatic carbocycles. The van der Waals surface area contributed by atoms with Gasteiger partial charge >= 0.3 is 0 Å². The van der Waals surface area contributed by atoms with Crippen molar-refractivity contribution in [1.29, 1.82) is 0 Å². The number of aromatic nitrogens is 1. The molecule has 1 unspecified atom stereocenters. The molecule has 1 heterocycles. The van der Waals surface area contributed by atoms with Crippen LogP contribution < -0.4 is 11.1 Å². The highest BCUT2D eigenvalue weighted by Gasteiger charge is 2.14. The SMILES string of the molecule is CCNC(Cc1ccnc(N)c1)c1ccc(F)cc1C. The Hall–Kier alpha value is -1.94. The van der Waals surface area contributed by atoms with Gasteiger partial charge in [-0.1, -0.05) is 13.0 Å². The molecule has 3 N–H and O–H groups in total. The molecule has 0 radical (unpaired) electrons. The minimum atomic E-state index is -0.199. The fourth-order valence-corrected chi connectivity index (χ4v) is 2.43. The molecule has 1 atom stereocenters. The minimum Gasteiger partial charge on any atom is -0.384 e. The molecule has 1 aromatic carbocycles. The van der Waals surface area contributed by atoms with Crippen LogP contribution in [0, 0.1) is 12.7 Å². The van der Waals surface area contributed by atoms with Gasteiger partial charge in [0.1, 0.15) is 11.6 Å². The van der Waals surface area contributed by atoms with Gasteiger partial charge in [0, 0.05) is 12.2 Å². The average Bonchev–Trinajstić information content (AvgIpc) is 2.38. The first-order valence-corrected chi connectivity index (χ1v) is 6.80. The fourth-order valence-electron chi connectivity index (χ4n) is 2.43. The summed E-state index contributed by atoms with van der Waals surface area (Å²) in [6.45, 7) is 4.85. The predicted octanol–water partition coefficient (Wildman–Crippen LogP) is 3.00.